The molecule has 0 spiro atoms. The van der Waals surface area contributed by atoms with E-state index in [2.05, 4.69) is 0 Å². The minimum absolute atomic E-state index is 0.0110. The van der Waals surface area contributed by atoms with E-state index in [0.29, 0.717) is 10.9 Å². The molecular formula is C19H24FNO4. The van der Waals surface area contributed by atoms with E-state index in [0.717, 1.165) is 0 Å². The number of fused-ring (bicyclic) bond motifs is 1. The average Bonchev–Trinajstić information content (AvgIpc) is 2.85. The maximum absolute atomic E-state index is 13.8. The Labute approximate surface area is 146 Å². The van der Waals surface area contributed by atoms with Crippen LogP contribution >= 0.6 is 0 Å². The van der Waals surface area contributed by atoms with E-state index in [-0.39, 0.29) is 29.3 Å². The summed E-state index contributed by atoms with van der Waals surface area (Å²) in [7, 11) is 0. The number of aryl methyl sites for hydroxylation is 1. The molecule has 25 heavy (non-hydrogen) atoms. The number of benzene rings is 1. The number of furan rings is 1. The van der Waals surface area contributed by atoms with Crippen molar-refractivity contribution in [2.24, 2.45) is 0 Å². The van der Waals surface area contributed by atoms with Crippen molar-refractivity contribution >= 4 is 22.8 Å². The number of nitrogens with zero attached hydrogens (tertiary/aromatic N) is 1. The molecule has 2 aromatic rings. The fourth-order valence-electron chi connectivity index (χ4n) is 2.98. The SMILES string of the molecule is Cc1c(C(=O)O[C@H](C)C(=O)N(C(C)C)C(C)C)oc2c(F)cccc12. The molecule has 0 aliphatic rings. The zero-order valence-electron chi connectivity index (χ0n) is 15.4. The molecule has 0 unspecified atom stereocenters. The molecule has 0 aliphatic heterocycles. The van der Waals surface area contributed by atoms with Crippen molar-refractivity contribution in [2.45, 2.75) is 59.7 Å². The van der Waals surface area contributed by atoms with Gasteiger partial charge in [0.1, 0.15) is 0 Å². The van der Waals surface area contributed by atoms with Gasteiger partial charge in [0.25, 0.3) is 5.91 Å². The summed E-state index contributed by atoms with van der Waals surface area (Å²) in [6.07, 6.45) is -0.963. The summed E-state index contributed by atoms with van der Waals surface area (Å²) in [5.41, 5.74) is 0.501. The number of para-hydroxylation sites is 1. The first kappa shape index (κ1) is 19.0. The Morgan fingerprint density at radius 1 is 1.12 bits per heavy atom. The van der Waals surface area contributed by atoms with Crippen LogP contribution in [0.25, 0.3) is 11.0 Å². The van der Waals surface area contributed by atoms with Gasteiger partial charge in [-0.05, 0) is 47.6 Å². The number of rotatable bonds is 5. The average molecular weight is 349 g/mol. The molecule has 1 heterocycles. The lowest BCUT2D eigenvalue weighted by Gasteiger charge is -2.32. The molecular weight excluding hydrogens is 325 g/mol. The number of halogens is 1. The van der Waals surface area contributed by atoms with E-state index in [9.17, 15) is 14.0 Å². The van der Waals surface area contributed by atoms with Gasteiger partial charge in [-0.1, -0.05) is 12.1 Å². The lowest BCUT2D eigenvalue weighted by molar-refractivity contribution is -0.143. The molecule has 2 rings (SSSR count). The van der Waals surface area contributed by atoms with Crippen LogP contribution in [0.4, 0.5) is 4.39 Å². The predicted octanol–water partition coefficient (Wildman–Crippen LogP) is 4.07. The molecule has 1 aromatic heterocycles. The van der Waals surface area contributed by atoms with Crippen LogP contribution < -0.4 is 0 Å². The second-order valence-electron chi connectivity index (χ2n) is 6.65. The lowest BCUT2D eigenvalue weighted by atomic mass is 10.1. The summed E-state index contributed by atoms with van der Waals surface area (Å²) in [4.78, 5) is 26.6. The van der Waals surface area contributed by atoms with Crippen molar-refractivity contribution in [2.75, 3.05) is 0 Å². The van der Waals surface area contributed by atoms with Crippen molar-refractivity contribution < 1.29 is 23.1 Å². The van der Waals surface area contributed by atoms with Gasteiger partial charge in [-0.2, -0.15) is 0 Å². The van der Waals surface area contributed by atoms with Gasteiger partial charge in [0.05, 0.1) is 0 Å². The van der Waals surface area contributed by atoms with Crippen LogP contribution in [0.1, 0.15) is 50.7 Å². The first-order chi connectivity index (χ1) is 11.6. The molecule has 0 bridgehead atoms. The molecule has 0 N–H and O–H groups in total. The third-order valence-corrected chi connectivity index (χ3v) is 4.10. The number of ether oxygens (including phenoxy) is 1. The van der Waals surface area contributed by atoms with Gasteiger partial charge < -0.3 is 14.1 Å². The van der Waals surface area contributed by atoms with Gasteiger partial charge in [0, 0.05) is 23.0 Å². The van der Waals surface area contributed by atoms with Crippen LogP contribution in [-0.4, -0.2) is 35.0 Å². The highest BCUT2D eigenvalue weighted by Crippen LogP contribution is 2.28. The minimum Gasteiger partial charge on any atom is -0.447 e. The van der Waals surface area contributed by atoms with Crippen LogP contribution in [0.5, 0.6) is 0 Å². The van der Waals surface area contributed by atoms with Gasteiger partial charge in [-0.25, -0.2) is 9.18 Å². The molecule has 0 saturated carbocycles. The highest BCUT2D eigenvalue weighted by molar-refractivity contribution is 5.97. The molecule has 0 aliphatic carbocycles. The monoisotopic (exact) mass is 349 g/mol. The largest absolute Gasteiger partial charge is 0.447 e. The summed E-state index contributed by atoms with van der Waals surface area (Å²) < 4.78 is 24.4. The van der Waals surface area contributed by atoms with Crippen molar-refractivity contribution in [3.05, 3.63) is 35.3 Å². The highest BCUT2D eigenvalue weighted by Gasteiger charge is 2.30. The maximum atomic E-state index is 13.8. The molecule has 0 saturated heterocycles. The van der Waals surface area contributed by atoms with Crippen LogP contribution in [0.15, 0.2) is 22.6 Å². The summed E-state index contributed by atoms with van der Waals surface area (Å²) in [6.45, 7) is 10.8. The maximum Gasteiger partial charge on any atom is 0.375 e. The summed E-state index contributed by atoms with van der Waals surface area (Å²) in [5, 5.41) is 0.511. The molecule has 0 fully saturated rings. The van der Waals surface area contributed by atoms with E-state index in [1.165, 1.54) is 13.0 Å². The normalized spacial score (nSPS) is 12.7. The summed E-state index contributed by atoms with van der Waals surface area (Å²) in [5.74, 6) is -1.69. The van der Waals surface area contributed by atoms with Crippen LogP contribution in [0.3, 0.4) is 0 Å². The summed E-state index contributed by atoms with van der Waals surface area (Å²) >= 11 is 0. The van der Waals surface area contributed by atoms with E-state index in [1.807, 2.05) is 27.7 Å². The number of hydrogen-bond acceptors (Lipinski definition) is 4. The molecule has 1 amide bonds. The third-order valence-electron chi connectivity index (χ3n) is 4.10. The highest BCUT2D eigenvalue weighted by atomic mass is 19.1. The van der Waals surface area contributed by atoms with Gasteiger partial charge >= 0.3 is 5.97 Å². The molecule has 136 valence electrons. The van der Waals surface area contributed by atoms with E-state index < -0.39 is 17.9 Å². The Bertz CT molecular complexity index is 786. The standard InChI is InChI=1S/C19H24FNO4/c1-10(2)21(11(3)4)18(22)13(6)24-19(23)16-12(5)14-8-7-9-15(20)17(14)25-16/h7-11,13H,1-6H3/t13-/m1/s1. The fourth-order valence-corrected chi connectivity index (χ4v) is 2.98. The van der Waals surface area contributed by atoms with Gasteiger partial charge in [-0.3, -0.25) is 4.79 Å². The Hall–Kier alpha value is -2.37. The van der Waals surface area contributed by atoms with Crippen LogP contribution in [0.2, 0.25) is 0 Å². The Morgan fingerprint density at radius 3 is 2.24 bits per heavy atom. The van der Waals surface area contributed by atoms with Crippen molar-refractivity contribution in [3.63, 3.8) is 0 Å². The van der Waals surface area contributed by atoms with Gasteiger partial charge in [-0.15, -0.1) is 0 Å². The number of carbonyl (C=O) groups excluding carboxylic acids is 2. The van der Waals surface area contributed by atoms with E-state index in [1.54, 1.807) is 24.0 Å². The molecule has 6 heteroatoms. The minimum atomic E-state index is -0.963. The molecule has 5 nitrogen and oxygen atoms in total. The zero-order chi connectivity index (χ0) is 18.9. The smallest absolute Gasteiger partial charge is 0.375 e. The lowest BCUT2D eigenvalue weighted by Crippen LogP contribution is -2.47. The Balaban J connectivity index is 2.23. The topological polar surface area (TPSA) is 59.8 Å². The Kier molecular flexibility index (Phi) is 5.50. The second-order valence-corrected chi connectivity index (χ2v) is 6.65. The van der Waals surface area contributed by atoms with Crippen molar-refractivity contribution in [1.29, 1.82) is 0 Å². The molecule has 1 aromatic carbocycles. The van der Waals surface area contributed by atoms with Gasteiger partial charge in [0.15, 0.2) is 17.5 Å². The van der Waals surface area contributed by atoms with E-state index >= 15 is 0 Å². The van der Waals surface area contributed by atoms with Gasteiger partial charge in [0.2, 0.25) is 5.76 Å². The summed E-state index contributed by atoms with van der Waals surface area (Å²) in [6, 6.07) is 4.44. The van der Waals surface area contributed by atoms with E-state index in [4.69, 9.17) is 9.15 Å². The zero-order valence-corrected chi connectivity index (χ0v) is 15.4. The predicted molar refractivity (Wildman–Crippen MR) is 92.9 cm³/mol. The number of esters is 1. The first-order valence-corrected chi connectivity index (χ1v) is 8.35. The molecule has 1 atom stereocenters. The fraction of sp³-hybridized carbons (Fsp3) is 0.474. The number of amides is 1. The molecule has 0 radical (unpaired) electrons. The van der Waals surface area contributed by atoms with Crippen molar-refractivity contribution in [3.8, 4) is 0 Å². The van der Waals surface area contributed by atoms with Crippen LogP contribution in [-0.2, 0) is 9.53 Å². The number of hydrogen-bond donors (Lipinski definition) is 0. The number of carbonyl (C=O) groups is 2. The van der Waals surface area contributed by atoms with Crippen molar-refractivity contribution in [1.82, 2.24) is 4.90 Å². The van der Waals surface area contributed by atoms with Crippen LogP contribution in [0, 0.1) is 12.7 Å². The second kappa shape index (κ2) is 7.25. The quantitative estimate of drug-likeness (QED) is 0.764. The Morgan fingerprint density at radius 2 is 1.72 bits per heavy atom. The third kappa shape index (κ3) is 3.67. The first-order valence-electron chi connectivity index (χ1n) is 8.35.